The number of hydrogen-bond acceptors (Lipinski definition) is 7. The van der Waals surface area contributed by atoms with Gasteiger partial charge in [0.15, 0.2) is 0 Å². The Labute approximate surface area is 185 Å². The van der Waals surface area contributed by atoms with E-state index in [-0.39, 0.29) is 23.5 Å². The number of carbonyl (C=O) groups excluding carboxylic acids is 2. The Bertz CT molecular complexity index is 866. The standard InChI is InChI=1S/C21H25ClN4O3S/c1-2-29-21(28)16-4-3-9-26(12-16)20(27)13-30-19-10-18(24-14-25-19)23-11-15-5-7-17(22)8-6-15/h5-8,10,14,16H,2-4,9,11-13H2,1H3,(H,23,24,25)/t16-/m0/s1. The van der Waals surface area contributed by atoms with Gasteiger partial charge in [0.2, 0.25) is 5.91 Å². The van der Waals surface area contributed by atoms with Gasteiger partial charge < -0.3 is 15.0 Å². The smallest absolute Gasteiger partial charge is 0.310 e. The quantitative estimate of drug-likeness (QED) is 0.375. The molecule has 1 amide bonds. The van der Waals surface area contributed by atoms with Gasteiger partial charge in [-0.25, -0.2) is 9.97 Å². The van der Waals surface area contributed by atoms with E-state index in [1.807, 2.05) is 30.3 Å². The van der Waals surface area contributed by atoms with Crippen LogP contribution in [-0.4, -0.2) is 52.2 Å². The van der Waals surface area contributed by atoms with Gasteiger partial charge in [-0.15, -0.1) is 0 Å². The van der Waals surface area contributed by atoms with Crippen molar-refractivity contribution in [2.45, 2.75) is 31.3 Å². The van der Waals surface area contributed by atoms with Crippen LogP contribution in [0.4, 0.5) is 5.82 Å². The van der Waals surface area contributed by atoms with Crippen LogP contribution < -0.4 is 5.32 Å². The van der Waals surface area contributed by atoms with Crippen LogP contribution in [0.3, 0.4) is 0 Å². The number of aromatic nitrogens is 2. The van der Waals surface area contributed by atoms with Gasteiger partial charge in [-0.05, 0) is 37.5 Å². The van der Waals surface area contributed by atoms with E-state index in [4.69, 9.17) is 16.3 Å². The van der Waals surface area contributed by atoms with Crippen LogP contribution in [0.15, 0.2) is 41.7 Å². The number of esters is 1. The molecular weight excluding hydrogens is 424 g/mol. The van der Waals surface area contributed by atoms with Crippen LogP contribution in [0.2, 0.25) is 5.02 Å². The van der Waals surface area contributed by atoms with Crippen LogP contribution in [0.5, 0.6) is 0 Å². The zero-order valence-corrected chi connectivity index (χ0v) is 18.4. The molecule has 1 atom stereocenters. The number of piperidine rings is 1. The summed E-state index contributed by atoms with van der Waals surface area (Å²) < 4.78 is 5.10. The van der Waals surface area contributed by atoms with Gasteiger partial charge >= 0.3 is 5.97 Å². The average molecular weight is 449 g/mol. The van der Waals surface area contributed by atoms with Crippen LogP contribution in [0, 0.1) is 5.92 Å². The van der Waals surface area contributed by atoms with Gasteiger partial charge in [0, 0.05) is 30.7 Å². The monoisotopic (exact) mass is 448 g/mol. The maximum Gasteiger partial charge on any atom is 0.310 e. The summed E-state index contributed by atoms with van der Waals surface area (Å²) in [5.74, 6) is 0.521. The number of halogens is 1. The average Bonchev–Trinajstić information content (AvgIpc) is 2.77. The lowest BCUT2D eigenvalue weighted by Crippen LogP contribution is -2.43. The molecular formula is C21H25ClN4O3S. The first-order chi connectivity index (χ1) is 14.5. The van der Waals surface area contributed by atoms with Gasteiger partial charge in [-0.1, -0.05) is 35.5 Å². The highest BCUT2D eigenvalue weighted by Crippen LogP contribution is 2.22. The summed E-state index contributed by atoms with van der Waals surface area (Å²) in [6.45, 7) is 3.87. The molecule has 7 nitrogen and oxygen atoms in total. The van der Waals surface area contributed by atoms with E-state index >= 15 is 0 Å². The van der Waals surface area contributed by atoms with Crippen LogP contribution in [0.25, 0.3) is 0 Å². The maximum absolute atomic E-state index is 12.6. The van der Waals surface area contributed by atoms with Gasteiger partial charge in [0.1, 0.15) is 17.2 Å². The fourth-order valence-corrected chi connectivity index (χ4v) is 4.09. The number of ether oxygens (including phenoxy) is 1. The first-order valence-corrected chi connectivity index (χ1v) is 11.3. The topological polar surface area (TPSA) is 84.4 Å². The second kappa shape index (κ2) is 11.2. The third kappa shape index (κ3) is 6.60. The minimum absolute atomic E-state index is 0.00304. The predicted molar refractivity (Wildman–Crippen MR) is 117 cm³/mol. The summed E-state index contributed by atoms with van der Waals surface area (Å²) >= 11 is 7.27. The van der Waals surface area contributed by atoms with Crippen molar-refractivity contribution in [3.8, 4) is 0 Å². The molecule has 0 bridgehead atoms. The normalized spacial score (nSPS) is 16.2. The Hall–Kier alpha value is -2.32. The number of nitrogens with one attached hydrogen (secondary N) is 1. The summed E-state index contributed by atoms with van der Waals surface area (Å²) in [5, 5.41) is 4.67. The number of carbonyl (C=O) groups is 2. The van der Waals surface area contributed by atoms with Crippen molar-refractivity contribution in [3.63, 3.8) is 0 Å². The number of benzene rings is 1. The van der Waals surface area contributed by atoms with Crippen LogP contribution >= 0.6 is 23.4 Å². The van der Waals surface area contributed by atoms with Gasteiger partial charge in [0.05, 0.1) is 18.3 Å². The highest BCUT2D eigenvalue weighted by atomic mass is 35.5. The van der Waals surface area contributed by atoms with Crippen molar-refractivity contribution in [1.29, 1.82) is 0 Å². The van der Waals surface area contributed by atoms with E-state index in [0.29, 0.717) is 37.1 Å². The first-order valence-electron chi connectivity index (χ1n) is 9.92. The molecule has 160 valence electrons. The van der Waals surface area contributed by atoms with Crippen molar-refractivity contribution in [3.05, 3.63) is 47.2 Å². The van der Waals surface area contributed by atoms with E-state index in [1.165, 1.54) is 18.1 Å². The lowest BCUT2D eigenvalue weighted by Gasteiger charge is -2.31. The molecule has 3 rings (SSSR count). The highest BCUT2D eigenvalue weighted by molar-refractivity contribution is 7.99. The molecule has 2 heterocycles. The predicted octanol–water partition coefficient (Wildman–Crippen LogP) is 3.64. The van der Waals surface area contributed by atoms with Gasteiger partial charge in [-0.2, -0.15) is 0 Å². The third-order valence-electron chi connectivity index (χ3n) is 4.77. The van der Waals surface area contributed by atoms with E-state index in [0.717, 1.165) is 23.4 Å². The van der Waals surface area contributed by atoms with E-state index in [9.17, 15) is 9.59 Å². The van der Waals surface area contributed by atoms with Crippen molar-refractivity contribution in [1.82, 2.24) is 14.9 Å². The molecule has 1 N–H and O–H groups in total. The Morgan fingerprint density at radius 3 is 2.87 bits per heavy atom. The number of likely N-dealkylation sites (tertiary alicyclic amines) is 1. The second-order valence-corrected chi connectivity index (χ2v) is 8.37. The third-order valence-corrected chi connectivity index (χ3v) is 5.93. The molecule has 0 spiro atoms. The van der Waals surface area contributed by atoms with Gasteiger partial charge in [0.25, 0.3) is 0 Å². The number of rotatable bonds is 8. The summed E-state index contributed by atoms with van der Waals surface area (Å²) in [5.41, 5.74) is 1.09. The minimum atomic E-state index is -0.227. The Morgan fingerprint density at radius 1 is 1.30 bits per heavy atom. The summed E-state index contributed by atoms with van der Waals surface area (Å²) in [4.78, 5) is 34.8. The molecule has 1 aromatic carbocycles. The maximum atomic E-state index is 12.6. The molecule has 0 aliphatic carbocycles. The molecule has 0 saturated carbocycles. The molecule has 1 aliphatic rings. The lowest BCUT2D eigenvalue weighted by molar-refractivity contribution is -0.151. The largest absolute Gasteiger partial charge is 0.466 e. The van der Waals surface area contributed by atoms with Crippen LogP contribution in [0.1, 0.15) is 25.3 Å². The summed E-state index contributed by atoms with van der Waals surface area (Å²) in [6.07, 6.45) is 3.06. The highest BCUT2D eigenvalue weighted by Gasteiger charge is 2.29. The zero-order valence-electron chi connectivity index (χ0n) is 16.8. The van der Waals surface area contributed by atoms with Crippen LogP contribution in [-0.2, 0) is 20.9 Å². The molecule has 30 heavy (non-hydrogen) atoms. The fraction of sp³-hybridized carbons (Fsp3) is 0.429. The molecule has 0 radical (unpaired) electrons. The number of anilines is 1. The zero-order chi connectivity index (χ0) is 21.3. The molecule has 2 aromatic rings. The fourth-order valence-electron chi connectivity index (χ4n) is 3.19. The van der Waals surface area contributed by atoms with E-state index in [1.54, 1.807) is 11.8 Å². The Balaban J connectivity index is 1.49. The summed E-state index contributed by atoms with van der Waals surface area (Å²) in [6, 6.07) is 9.42. The molecule has 1 aromatic heterocycles. The second-order valence-electron chi connectivity index (χ2n) is 6.94. The van der Waals surface area contributed by atoms with E-state index in [2.05, 4.69) is 15.3 Å². The Morgan fingerprint density at radius 2 is 2.10 bits per heavy atom. The SMILES string of the molecule is CCOC(=O)[C@H]1CCCN(C(=O)CSc2cc(NCc3ccc(Cl)cc3)ncn2)C1. The number of amides is 1. The number of thioether (sulfide) groups is 1. The van der Waals surface area contributed by atoms with Crippen molar-refractivity contribution >= 4 is 41.1 Å². The Kier molecular flexibility index (Phi) is 8.33. The van der Waals surface area contributed by atoms with Crippen molar-refractivity contribution < 1.29 is 14.3 Å². The molecule has 1 fully saturated rings. The molecule has 1 aliphatic heterocycles. The lowest BCUT2D eigenvalue weighted by atomic mass is 9.98. The van der Waals surface area contributed by atoms with E-state index < -0.39 is 0 Å². The first kappa shape index (κ1) is 22.4. The minimum Gasteiger partial charge on any atom is -0.466 e. The summed E-state index contributed by atoms with van der Waals surface area (Å²) in [7, 11) is 0. The number of nitrogens with zero attached hydrogens (tertiary/aromatic N) is 3. The molecule has 9 heteroatoms. The van der Waals surface area contributed by atoms with Crippen molar-refractivity contribution in [2.24, 2.45) is 5.92 Å². The number of hydrogen-bond donors (Lipinski definition) is 1. The molecule has 0 unspecified atom stereocenters. The van der Waals surface area contributed by atoms with Gasteiger partial charge in [-0.3, -0.25) is 9.59 Å². The molecule has 1 saturated heterocycles. The van der Waals surface area contributed by atoms with Crippen molar-refractivity contribution in [2.75, 3.05) is 30.8 Å².